The van der Waals surface area contributed by atoms with Crippen molar-refractivity contribution >= 4 is 22.0 Å². The maximum atomic E-state index is 11.7. The van der Waals surface area contributed by atoms with Crippen LogP contribution in [0.2, 0.25) is 0 Å². The van der Waals surface area contributed by atoms with Crippen LogP contribution in [-0.4, -0.2) is 11.2 Å². The van der Waals surface area contributed by atoms with Crippen LogP contribution in [0, 0.1) is 0 Å². The lowest BCUT2D eigenvalue weighted by molar-refractivity contribution is 0.238. The number of urea groups is 1. The van der Waals surface area contributed by atoms with Gasteiger partial charge in [0.15, 0.2) is 5.76 Å². The smallest absolute Gasteiger partial charge is 0.315 e. The van der Waals surface area contributed by atoms with Crippen LogP contribution in [0.5, 0.6) is 0 Å². The SMILES string of the molecule is CCc1cc(CNC(=O)NCc2cccc(Br)c2)on1. The molecule has 106 valence electrons. The summed E-state index contributed by atoms with van der Waals surface area (Å²) < 4.78 is 6.08. The number of aryl methyl sites for hydroxylation is 1. The Labute approximate surface area is 125 Å². The maximum Gasteiger partial charge on any atom is 0.315 e. The minimum absolute atomic E-state index is 0.237. The summed E-state index contributed by atoms with van der Waals surface area (Å²) in [4.78, 5) is 11.7. The Morgan fingerprint density at radius 1 is 1.30 bits per heavy atom. The third kappa shape index (κ3) is 4.38. The Morgan fingerprint density at radius 2 is 2.10 bits per heavy atom. The standard InChI is InChI=1S/C14H16BrN3O2/c1-2-12-7-13(20-18-12)9-17-14(19)16-8-10-4-3-5-11(15)6-10/h3-7H,2,8-9H2,1H3,(H2,16,17,19). The van der Waals surface area contributed by atoms with Gasteiger partial charge in [0.1, 0.15) is 0 Å². The molecule has 0 unspecified atom stereocenters. The van der Waals surface area contributed by atoms with Crippen molar-refractivity contribution in [1.29, 1.82) is 0 Å². The first-order valence-corrected chi connectivity index (χ1v) is 7.17. The van der Waals surface area contributed by atoms with Gasteiger partial charge in [0.05, 0.1) is 12.2 Å². The number of hydrogen-bond acceptors (Lipinski definition) is 3. The number of carbonyl (C=O) groups excluding carboxylic acids is 1. The fourth-order valence-corrected chi connectivity index (χ4v) is 2.11. The fourth-order valence-electron chi connectivity index (χ4n) is 1.66. The number of aromatic nitrogens is 1. The van der Waals surface area contributed by atoms with Crippen LogP contribution >= 0.6 is 15.9 Å². The van der Waals surface area contributed by atoms with Crippen LogP contribution < -0.4 is 10.6 Å². The number of carbonyl (C=O) groups is 1. The van der Waals surface area contributed by atoms with E-state index < -0.39 is 0 Å². The summed E-state index contributed by atoms with van der Waals surface area (Å²) in [5.41, 5.74) is 1.92. The van der Waals surface area contributed by atoms with Crippen molar-refractivity contribution in [3.63, 3.8) is 0 Å². The average Bonchev–Trinajstić information content (AvgIpc) is 2.91. The Hall–Kier alpha value is -1.82. The summed E-state index contributed by atoms with van der Waals surface area (Å²) in [6.45, 7) is 2.80. The molecule has 2 N–H and O–H groups in total. The second-order valence-corrected chi connectivity index (χ2v) is 5.22. The molecule has 0 bridgehead atoms. The van der Waals surface area contributed by atoms with Crippen molar-refractivity contribution in [2.75, 3.05) is 0 Å². The molecule has 2 amide bonds. The van der Waals surface area contributed by atoms with Crippen LogP contribution in [-0.2, 0) is 19.5 Å². The first-order chi connectivity index (χ1) is 9.67. The first kappa shape index (κ1) is 14.6. The van der Waals surface area contributed by atoms with Gasteiger partial charge >= 0.3 is 6.03 Å². The Bertz CT molecular complexity index is 583. The highest BCUT2D eigenvalue weighted by Crippen LogP contribution is 2.11. The number of rotatable bonds is 5. The van der Waals surface area contributed by atoms with Gasteiger partial charge in [-0.2, -0.15) is 0 Å². The zero-order chi connectivity index (χ0) is 14.4. The maximum absolute atomic E-state index is 11.7. The van der Waals surface area contributed by atoms with E-state index in [1.807, 2.05) is 37.3 Å². The number of nitrogens with one attached hydrogen (secondary N) is 2. The van der Waals surface area contributed by atoms with E-state index >= 15 is 0 Å². The summed E-state index contributed by atoms with van der Waals surface area (Å²) in [6, 6.07) is 9.39. The number of nitrogens with zero attached hydrogens (tertiary/aromatic N) is 1. The highest BCUT2D eigenvalue weighted by Gasteiger charge is 2.05. The van der Waals surface area contributed by atoms with Crippen LogP contribution in [0.4, 0.5) is 4.79 Å². The average molecular weight is 338 g/mol. The van der Waals surface area contributed by atoms with E-state index in [0.29, 0.717) is 18.8 Å². The van der Waals surface area contributed by atoms with E-state index in [0.717, 1.165) is 22.2 Å². The van der Waals surface area contributed by atoms with Gasteiger partial charge in [0.2, 0.25) is 0 Å². The van der Waals surface area contributed by atoms with E-state index in [9.17, 15) is 4.79 Å². The molecular weight excluding hydrogens is 322 g/mol. The van der Waals surface area contributed by atoms with Crippen LogP contribution in [0.1, 0.15) is 23.9 Å². The predicted molar refractivity (Wildman–Crippen MR) is 79.1 cm³/mol. The second kappa shape index (κ2) is 7.09. The summed E-state index contributed by atoms with van der Waals surface area (Å²) in [6.07, 6.45) is 0.818. The van der Waals surface area contributed by atoms with Crippen molar-refractivity contribution in [1.82, 2.24) is 15.8 Å². The zero-order valence-corrected chi connectivity index (χ0v) is 12.7. The van der Waals surface area contributed by atoms with Crippen LogP contribution in [0.25, 0.3) is 0 Å². The van der Waals surface area contributed by atoms with Gasteiger partial charge in [0, 0.05) is 17.1 Å². The van der Waals surface area contributed by atoms with E-state index in [1.165, 1.54) is 0 Å². The molecule has 0 aliphatic heterocycles. The molecule has 20 heavy (non-hydrogen) atoms. The lowest BCUT2D eigenvalue weighted by Crippen LogP contribution is -2.34. The van der Waals surface area contributed by atoms with Gasteiger partial charge in [-0.05, 0) is 24.1 Å². The molecule has 0 saturated heterocycles. The van der Waals surface area contributed by atoms with Crippen LogP contribution in [0.15, 0.2) is 39.3 Å². The fraction of sp³-hybridized carbons (Fsp3) is 0.286. The molecule has 0 aliphatic rings. The molecule has 1 aromatic heterocycles. The molecule has 5 nitrogen and oxygen atoms in total. The van der Waals surface area contributed by atoms with E-state index in [1.54, 1.807) is 0 Å². The van der Waals surface area contributed by atoms with E-state index in [2.05, 4.69) is 31.7 Å². The van der Waals surface area contributed by atoms with Gasteiger partial charge in [-0.25, -0.2) is 4.79 Å². The van der Waals surface area contributed by atoms with Crippen molar-refractivity contribution in [3.8, 4) is 0 Å². The quantitative estimate of drug-likeness (QED) is 0.881. The highest BCUT2D eigenvalue weighted by molar-refractivity contribution is 9.10. The Morgan fingerprint density at radius 3 is 2.80 bits per heavy atom. The van der Waals surface area contributed by atoms with Crippen molar-refractivity contribution in [2.24, 2.45) is 0 Å². The van der Waals surface area contributed by atoms with Crippen molar-refractivity contribution in [3.05, 3.63) is 51.8 Å². The van der Waals surface area contributed by atoms with Gasteiger partial charge in [-0.3, -0.25) is 0 Å². The molecule has 0 saturated carbocycles. The summed E-state index contributed by atoms with van der Waals surface area (Å²) >= 11 is 3.39. The largest absolute Gasteiger partial charge is 0.359 e. The number of hydrogen-bond donors (Lipinski definition) is 2. The molecule has 0 atom stereocenters. The molecule has 1 heterocycles. The number of halogens is 1. The molecule has 6 heteroatoms. The number of amides is 2. The highest BCUT2D eigenvalue weighted by atomic mass is 79.9. The minimum atomic E-state index is -0.237. The molecule has 0 aliphatic carbocycles. The van der Waals surface area contributed by atoms with Crippen molar-refractivity contribution < 1.29 is 9.32 Å². The van der Waals surface area contributed by atoms with Gasteiger partial charge < -0.3 is 15.2 Å². The van der Waals surface area contributed by atoms with E-state index in [4.69, 9.17) is 4.52 Å². The third-order valence-electron chi connectivity index (χ3n) is 2.74. The first-order valence-electron chi connectivity index (χ1n) is 6.38. The van der Waals surface area contributed by atoms with Gasteiger partial charge in [-0.1, -0.05) is 40.1 Å². The lowest BCUT2D eigenvalue weighted by atomic mass is 10.2. The number of benzene rings is 1. The van der Waals surface area contributed by atoms with Gasteiger partial charge in [-0.15, -0.1) is 0 Å². The summed E-state index contributed by atoms with van der Waals surface area (Å²) in [5, 5.41) is 9.37. The van der Waals surface area contributed by atoms with Crippen LogP contribution in [0.3, 0.4) is 0 Å². The zero-order valence-electron chi connectivity index (χ0n) is 11.1. The second-order valence-electron chi connectivity index (χ2n) is 4.30. The van der Waals surface area contributed by atoms with E-state index in [-0.39, 0.29) is 6.03 Å². The molecular formula is C14H16BrN3O2. The third-order valence-corrected chi connectivity index (χ3v) is 3.23. The molecule has 1 aromatic carbocycles. The van der Waals surface area contributed by atoms with Gasteiger partial charge in [0.25, 0.3) is 0 Å². The molecule has 0 spiro atoms. The normalized spacial score (nSPS) is 10.3. The van der Waals surface area contributed by atoms with Crippen molar-refractivity contribution in [2.45, 2.75) is 26.4 Å². The molecule has 2 aromatic rings. The predicted octanol–water partition coefficient (Wildman–Crippen LogP) is 3.00. The Balaban J connectivity index is 1.75. The molecule has 0 radical (unpaired) electrons. The monoisotopic (exact) mass is 337 g/mol. The summed E-state index contributed by atoms with van der Waals surface area (Å²) in [5.74, 6) is 0.652. The summed E-state index contributed by atoms with van der Waals surface area (Å²) in [7, 11) is 0. The molecule has 0 fully saturated rings. The molecule has 2 rings (SSSR count). The topological polar surface area (TPSA) is 67.2 Å². The minimum Gasteiger partial charge on any atom is -0.359 e. The Kier molecular flexibility index (Phi) is 5.17. The lowest BCUT2D eigenvalue weighted by Gasteiger charge is -2.06.